The molecule has 0 saturated heterocycles. The van der Waals surface area contributed by atoms with Gasteiger partial charge in [0.2, 0.25) is 5.91 Å². The normalized spacial score (nSPS) is 17.6. The minimum Gasteiger partial charge on any atom is -0.350 e. The zero-order valence-electron chi connectivity index (χ0n) is 11.5. The molecule has 0 aliphatic carbocycles. The molecule has 1 aliphatic heterocycles. The molecule has 0 spiro atoms. The third-order valence-corrected chi connectivity index (χ3v) is 4.81. The average Bonchev–Trinajstić information content (AvgIpc) is 2.89. The summed E-state index contributed by atoms with van der Waals surface area (Å²) in [7, 11) is 0. The van der Waals surface area contributed by atoms with Gasteiger partial charge in [0.25, 0.3) is 0 Å². The van der Waals surface area contributed by atoms with Crippen molar-refractivity contribution in [1.29, 1.82) is 0 Å². The van der Waals surface area contributed by atoms with E-state index in [0.29, 0.717) is 6.54 Å². The van der Waals surface area contributed by atoms with Crippen molar-refractivity contribution in [3.8, 4) is 0 Å². The smallest absolute Gasteiger partial charge is 0.237 e. The van der Waals surface area contributed by atoms with Crippen molar-refractivity contribution < 1.29 is 4.79 Å². The van der Waals surface area contributed by atoms with Crippen LogP contribution in [-0.2, 0) is 24.3 Å². The summed E-state index contributed by atoms with van der Waals surface area (Å²) in [5, 5.41) is 8.41. The van der Waals surface area contributed by atoms with E-state index in [1.165, 1.54) is 21.6 Å². The molecular weight excluding hydrogens is 268 g/mol. The van der Waals surface area contributed by atoms with Gasteiger partial charge in [-0.1, -0.05) is 24.3 Å². The third-order valence-electron chi connectivity index (χ3n) is 3.79. The Labute approximate surface area is 123 Å². The van der Waals surface area contributed by atoms with Crippen LogP contribution in [0, 0.1) is 6.92 Å². The lowest BCUT2D eigenvalue weighted by Crippen LogP contribution is -2.47. The SMILES string of the molecule is Cc1ccsc1CNC(=O)C1Cc2ccccc2CN1. The molecular formula is C16H18N2OS. The molecule has 0 radical (unpaired) electrons. The predicted molar refractivity (Wildman–Crippen MR) is 81.7 cm³/mol. The third kappa shape index (κ3) is 2.76. The van der Waals surface area contributed by atoms with Crippen molar-refractivity contribution >= 4 is 17.2 Å². The first-order chi connectivity index (χ1) is 9.74. The van der Waals surface area contributed by atoms with E-state index in [1.54, 1.807) is 11.3 Å². The highest BCUT2D eigenvalue weighted by Crippen LogP contribution is 2.17. The van der Waals surface area contributed by atoms with Gasteiger partial charge >= 0.3 is 0 Å². The predicted octanol–water partition coefficient (Wildman–Crippen LogP) is 2.39. The minimum atomic E-state index is -0.120. The van der Waals surface area contributed by atoms with Gasteiger partial charge in [0, 0.05) is 11.4 Å². The number of carbonyl (C=O) groups excluding carboxylic acids is 1. The monoisotopic (exact) mass is 286 g/mol. The number of amides is 1. The quantitative estimate of drug-likeness (QED) is 0.909. The van der Waals surface area contributed by atoms with Gasteiger partial charge in [-0.3, -0.25) is 4.79 Å². The maximum atomic E-state index is 12.2. The van der Waals surface area contributed by atoms with Crippen molar-refractivity contribution in [1.82, 2.24) is 10.6 Å². The van der Waals surface area contributed by atoms with Crippen LogP contribution in [0.2, 0.25) is 0 Å². The molecule has 1 aromatic carbocycles. The van der Waals surface area contributed by atoms with Crippen LogP contribution in [0.1, 0.15) is 21.6 Å². The van der Waals surface area contributed by atoms with E-state index in [4.69, 9.17) is 0 Å². The van der Waals surface area contributed by atoms with E-state index in [9.17, 15) is 4.79 Å². The van der Waals surface area contributed by atoms with E-state index >= 15 is 0 Å². The second kappa shape index (κ2) is 5.77. The molecule has 0 fully saturated rings. The van der Waals surface area contributed by atoms with Gasteiger partial charge in [-0.25, -0.2) is 0 Å². The molecule has 2 heterocycles. The van der Waals surface area contributed by atoms with Crippen molar-refractivity contribution in [2.75, 3.05) is 0 Å². The number of aryl methyl sites for hydroxylation is 1. The molecule has 1 atom stereocenters. The average molecular weight is 286 g/mol. The van der Waals surface area contributed by atoms with Crippen LogP contribution in [0.3, 0.4) is 0 Å². The fourth-order valence-corrected chi connectivity index (χ4v) is 3.36. The van der Waals surface area contributed by atoms with Crippen LogP contribution in [-0.4, -0.2) is 11.9 Å². The summed E-state index contributed by atoms with van der Waals surface area (Å²) in [5.41, 5.74) is 3.82. The summed E-state index contributed by atoms with van der Waals surface area (Å²) in [6, 6.07) is 10.3. The maximum absolute atomic E-state index is 12.2. The highest BCUT2D eigenvalue weighted by Gasteiger charge is 2.23. The fraction of sp³-hybridized carbons (Fsp3) is 0.312. The Bertz CT molecular complexity index is 620. The highest BCUT2D eigenvalue weighted by atomic mass is 32.1. The summed E-state index contributed by atoms with van der Waals surface area (Å²) < 4.78 is 0. The zero-order chi connectivity index (χ0) is 13.9. The highest BCUT2D eigenvalue weighted by molar-refractivity contribution is 7.10. The lowest BCUT2D eigenvalue weighted by atomic mass is 9.95. The molecule has 1 amide bonds. The van der Waals surface area contributed by atoms with E-state index in [1.807, 2.05) is 12.1 Å². The molecule has 0 saturated carbocycles. The summed E-state index contributed by atoms with van der Waals surface area (Å²) in [6.45, 7) is 3.47. The Hall–Kier alpha value is -1.65. The fourth-order valence-electron chi connectivity index (χ4n) is 2.52. The van der Waals surface area contributed by atoms with Crippen LogP contribution in [0.5, 0.6) is 0 Å². The first-order valence-electron chi connectivity index (χ1n) is 6.85. The molecule has 2 aromatic rings. The van der Waals surface area contributed by atoms with Gasteiger partial charge in [-0.15, -0.1) is 11.3 Å². The number of fused-ring (bicyclic) bond motifs is 1. The number of thiophene rings is 1. The first-order valence-corrected chi connectivity index (χ1v) is 7.73. The standard InChI is InChI=1S/C16H18N2OS/c1-11-6-7-20-15(11)10-18-16(19)14-8-12-4-2-3-5-13(12)9-17-14/h2-7,14,17H,8-10H2,1H3,(H,18,19). The summed E-state index contributed by atoms with van der Waals surface area (Å²) in [4.78, 5) is 13.5. The lowest BCUT2D eigenvalue weighted by molar-refractivity contribution is -0.123. The second-order valence-corrected chi connectivity index (χ2v) is 6.15. The van der Waals surface area contributed by atoms with Crippen molar-refractivity contribution in [2.24, 2.45) is 0 Å². The Kier molecular flexibility index (Phi) is 3.85. The van der Waals surface area contributed by atoms with Gasteiger partial charge in [-0.2, -0.15) is 0 Å². The number of carbonyl (C=O) groups is 1. The Morgan fingerprint density at radius 1 is 1.35 bits per heavy atom. The first kappa shape index (κ1) is 13.3. The van der Waals surface area contributed by atoms with Crippen LogP contribution in [0.4, 0.5) is 0 Å². The van der Waals surface area contributed by atoms with Crippen molar-refractivity contribution in [2.45, 2.75) is 32.5 Å². The molecule has 3 nitrogen and oxygen atoms in total. The molecule has 20 heavy (non-hydrogen) atoms. The number of hydrogen-bond donors (Lipinski definition) is 2. The molecule has 3 rings (SSSR count). The zero-order valence-corrected chi connectivity index (χ0v) is 12.3. The number of nitrogens with one attached hydrogen (secondary N) is 2. The molecule has 2 N–H and O–H groups in total. The Morgan fingerprint density at radius 3 is 2.90 bits per heavy atom. The number of benzene rings is 1. The lowest BCUT2D eigenvalue weighted by Gasteiger charge is -2.25. The number of hydrogen-bond acceptors (Lipinski definition) is 3. The summed E-state index contributed by atoms with van der Waals surface area (Å²) >= 11 is 1.69. The van der Waals surface area contributed by atoms with E-state index in [0.717, 1.165) is 13.0 Å². The molecule has 1 unspecified atom stereocenters. The van der Waals surface area contributed by atoms with Gasteiger partial charge in [0.05, 0.1) is 12.6 Å². The molecule has 1 aliphatic rings. The largest absolute Gasteiger partial charge is 0.350 e. The Morgan fingerprint density at radius 2 is 2.15 bits per heavy atom. The van der Waals surface area contributed by atoms with Crippen LogP contribution in [0.15, 0.2) is 35.7 Å². The molecule has 4 heteroatoms. The molecule has 1 aromatic heterocycles. The number of rotatable bonds is 3. The van der Waals surface area contributed by atoms with Gasteiger partial charge in [0.15, 0.2) is 0 Å². The van der Waals surface area contributed by atoms with Gasteiger partial charge in [-0.05, 0) is 41.5 Å². The summed E-state index contributed by atoms with van der Waals surface area (Å²) in [6.07, 6.45) is 0.769. The summed E-state index contributed by atoms with van der Waals surface area (Å²) in [5.74, 6) is 0.0901. The van der Waals surface area contributed by atoms with E-state index < -0.39 is 0 Å². The van der Waals surface area contributed by atoms with E-state index in [2.05, 4.69) is 41.1 Å². The minimum absolute atomic E-state index is 0.0901. The van der Waals surface area contributed by atoms with Crippen molar-refractivity contribution in [3.05, 3.63) is 57.3 Å². The van der Waals surface area contributed by atoms with Crippen LogP contribution < -0.4 is 10.6 Å². The van der Waals surface area contributed by atoms with Gasteiger partial charge < -0.3 is 10.6 Å². The second-order valence-electron chi connectivity index (χ2n) is 5.15. The molecule has 0 bridgehead atoms. The van der Waals surface area contributed by atoms with Gasteiger partial charge in [0.1, 0.15) is 0 Å². The van der Waals surface area contributed by atoms with E-state index in [-0.39, 0.29) is 11.9 Å². The van der Waals surface area contributed by atoms with Crippen LogP contribution in [0.25, 0.3) is 0 Å². The maximum Gasteiger partial charge on any atom is 0.237 e. The Balaban J connectivity index is 1.60. The topological polar surface area (TPSA) is 41.1 Å². The molecule has 104 valence electrons. The van der Waals surface area contributed by atoms with Crippen LogP contribution >= 0.6 is 11.3 Å². The van der Waals surface area contributed by atoms with Crippen molar-refractivity contribution in [3.63, 3.8) is 0 Å².